The molecule has 3 aromatic rings. The van der Waals surface area contributed by atoms with Crippen molar-refractivity contribution >= 4 is 29.3 Å². The third-order valence-electron chi connectivity index (χ3n) is 3.75. The number of nitrogens with zero attached hydrogens (tertiary/aromatic N) is 3. The lowest BCUT2D eigenvalue weighted by Crippen LogP contribution is -2.27. The van der Waals surface area contributed by atoms with Crippen LogP contribution in [0, 0.1) is 0 Å². The van der Waals surface area contributed by atoms with E-state index >= 15 is 0 Å². The van der Waals surface area contributed by atoms with E-state index in [4.69, 9.17) is 4.42 Å². The number of hydrogen-bond donors (Lipinski definition) is 2. The van der Waals surface area contributed by atoms with E-state index in [9.17, 15) is 9.59 Å². The van der Waals surface area contributed by atoms with Crippen molar-refractivity contribution in [1.82, 2.24) is 20.1 Å². The molecule has 9 heteroatoms. The fourth-order valence-corrected chi connectivity index (χ4v) is 3.08. The van der Waals surface area contributed by atoms with Crippen molar-refractivity contribution in [2.24, 2.45) is 7.05 Å². The lowest BCUT2D eigenvalue weighted by Gasteiger charge is -2.14. The Labute approximate surface area is 160 Å². The zero-order valence-corrected chi connectivity index (χ0v) is 15.7. The van der Waals surface area contributed by atoms with Crippen LogP contribution in [-0.2, 0) is 18.4 Å². The number of aromatic nitrogens is 3. The Morgan fingerprint density at radius 1 is 1.26 bits per heavy atom. The summed E-state index contributed by atoms with van der Waals surface area (Å²) in [6.45, 7) is 2.04. The Hall–Kier alpha value is -3.07. The van der Waals surface area contributed by atoms with Crippen LogP contribution in [0.4, 0.5) is 5.69 Å². The van der Waals surface area contributed by atoms with Crippen molar-refractivity contribution in [2.45, 2.75) is 23.9 Å². The summed E-state index contributed by atoms with van der Waals surface area (Å²) in [5.74, 6) is 0.128. The van der Waals surface area contributed by atoms with Crippen molar-refractivity contribution in [3.8, 4) is 0 Å². The largest absolute Gasteiger partial charge is 0.467 e. The number of anilines is 1. The fourth-order valence-electron chi connectivity index (χ4n) is 2.29. The summed E-state index contributed by atoms with van der Waals surface area (Å²) < 4.78 is 6.95. The molecule has 1 atom stereocenters. The third kappa shape index (κ3) is 4.76. The number of nitrogens with one attached hydrogen (secondary N) is 2. The van der Waals surface area contributed by atoms with E-state index in [-0.39, 0.29) is 18.4 Å². The number of carbonyl (C=O) groups excluding carboxylic acids is 2. The van der Waals surface area contributed by atoms with Crippen LogP contribution >= 0.6 is 11.8 Å². The number of benzene rings is 1. The van der Waals surface area contributed by atoms with Crippen LogP contribution in [0.2, 0.25) is 0 Å². The van der Waals surface area contributed by atoms with Crippen LogP contribution in [0.3, 0.4) is 0 Å². The van der Waals surface area contributed by atoms with Crippen LogP contribution in [0.25, 0.3) is 0 Å². The Bertz CT molecular complexity index is 923. The fraction of sp³-hybridized carbons (Fsp3) is 0.222. The highest BCUT2D eigenvalue weighted by atomic mass is 32.2. The summed E-state index contributed by atoms with van der Waals surface area (Å²) in [7, 11) is 1.81. The van der Waals surface area contributed by atoms with E-state index in [1.807, 2.05) is 7.05 Å². The van der Waals surface area contributed by atoms with Gasteiger partial charge >= 0.3 is 0 Å². The van der Waals surface area contributed by atoms with Crippen LogP contribution in [0.5, 0.6) is 0 Å². The van der Waals surface area contributed by atoms with Crippen molar-refractivity contribution in [1.29, 1.82) is 0 Å². The molecule has 8 nitrogen and oxygen atoms in total. The van der Waals surface area contributed by atoms with Gasteiger partial charge in [-0.3, -0.25) is 9.59 Å². The molecule has 0 aliphatic rings. The van der Waals surface area contributed by atoms with Gasteiger partial charge in [0.05, 0.1) is 29.3 Å². The minimum Gasteiger partial charge on any atom is -0.467 e. The van der Waals surface area contributed by atoms with E-state index in [0.717, 1.165) is 0 Å². The molecule has 0 saturated heterocycles. The van der Waals surface area contributed by atoms with Crippen LogP contribution in [-0.4, -0.2) is 31.8 Å². The number of para-hydroxylation sites is 1. The number of aryl methyl sites for hydroxylation is 1. The summed E-state index contributed by atoms with van der Waals surface area (Å²) in [6, 6.07) is 10.4. The van der Waals surface area contributed by atoms with Gasteiger partial charge in [0.1, 0.15) is 12.1 Å². The van der Waals surface area contributed by atoms with E-state index in [2.05, 4.69) is 20.8 Å². The molecule has 1 unspecified atom stereocenters. The average Bonchev–Trinajstić information content (AvgIpc) is 3.32. The molecule has 2 amide bonds. The van der Waals surface area contributed by atoms with Crippen molar-refractivity contribution in [3.05, 3.63) is 60.3 Å². The van der Waals surface area contributed by atoms with Crippen molar-refractivity contribution in [2.75, 3.05) is 5.32 Å². The monoisotopic (exact) mass is 385 g/mol. The summed E-state index contributed by atoms with van der Waals surface area (Å²) in [5.41, 5.74) is 0.832. The predicted molar refractivity (Wildman–Crippen MR) is 101 cm³/mol. The summed E-state index contributed by atoms with van der Waals surface area (Å²) in [5, 5.41) is 13.6. The maximum atomic E-state index is 12.5. The first-order valence-corrected chi connectivity index (χ1v) is 9.13. The van der Waals surface area contributed by atoms with E-state index in [1.165, 1.54) is 11.8 Å². The molecule has 0 spiro atoms. The number of hydrogen-bond acceptors (Lipinski definition) is 6. The molecule has 140 valence electrons. The van der Waals surface area contributed by atoms with Gasteiger partial charge in [0.25, 0.3) is 5.91 Å². The quantitative estimate of drug-likeness (QED) is 0.606. The molecule has 3 rings (SSSR count). The first kappa shape index (κ1) is 18.7. The van der Waals surface area contributed by atoms with Gasteiger partial charge in [-0.1, -0.05) is 23.9 Å². The minimum absolute atomic E-state index is 0.228. The molecule has 2 N–H and O–H groups in total. The Morgan fingerprint density at radius 3 is 2.78 bits per heavy atom. The molecule has 27 heavy (non-hydrogen) atoms. The number of thioether (sulfide) groups is 1. The summed E-state index contributed by atoms with van der Waals surface area (Å²) in [6.07, 6.45) is 3.12. The minimum atomic E-state index is -0.410. The highest BCUT2D eigenvalue weighted by Gasteiger charge is 2.19. The summed E-state index contributed by atoms with van der Waals surface area (Å²) >= 11 is 1.29. The molecule has 1 aromatic carbocycles. The van der Waals surface area contributed by atoms with Crippen LogP contribution in [0.1, 0.15) is 23.0 Å². The molecule has 2 heterocycles. The molecule has 2 aromatic heterocycles. The van der Waals surface area contributed by atoms with Gasteiger partial charge in [0.2, 0.25) is 5.91 Å². The van der Waals surface area contributed by atoms with Crippen LogP contribution in [0.15, 0.2) is 58.6 Å². The number of carbonyl (C=O) groups is 2. The zero-order chi connectivity index (χ0) is 19.2. The average molecular weight is 385 g/mol. The maximum Gasteiger partial charge on any atom is 0.253 e. The second-order valence-corrected chi connectivity index (χ2v) is 7.09. The lowest BCUT2D eigenvalue weighted by atomic mass is 10.1. The van der Waals surface area contributed by atoms with Crippen LogP contribution < -0.4 is 10.6 Å². The number of amides is 2. The molecule has 0 saturated carbocycles. The smallest absolute Gasteiger partial charge is 0.253 e. The van der Waals surface area contributed by atoms with Gasteiger partial charge in [-0.25, -0.2) is 0 Å². The van der Waals surface area contributed by atoms with Gasteiger partial charge in [-0.2, -0.15) is 0 Å². The highest BCUT2D eigenvalue weighted by molar-refractivity contribution is 8.00. The first-order valence-electron chi connectivity index (χ1n) is 8.25. The van der Waals surface area contributed by atoms with Gasteiger partial charge in [0.15, 0.2) is 5.16 Å². The highest BCUT2D eigenvalue weighted by Crippen LogP contribution is 2.22. The Balaban J connectivity index is 1.65. The van der Waals surface area contributed by atoms with Crippen molar-refractivity contribution < 1.29 is 14.0 Å². The topological polar surface area (TPSA) is 102 Å². The standard InChI is InChI=1S/C18H19N5O3S/c1-12(27-18-22-20-11-23(18)2)16(24)21-15-8-4-3-7-14(15)17(25)19-10-13-6-5-9-26-13/h3-9,11-12H,10H2,1-2H3,(H,19,25)(H,21,24). The normalized spacial score (nSPS) is 11.8. The van der Waals surface area contributed by atoms with E-state index in [0.29, 0.717) is 22.2 Å². The SMILES string of the molecule is CC(Sc1nncn1C)C(=O)Nc1ccccc1C(=O)NCc1ccco1. The second kappa shape index (κ2) is 8.54. The Kier molecular flexibility index (Phi) is 5.92. The zero-order valence-electron chi connectivity index (χ0n) is 14.9. The van der Waals surface area contributed by atoms with Gasteiger partial charge in [0, 0.05) is 7.05 Å². The van der Waals surface area contributed by atoms with Crippen molar-refractivity contribution in [3.63, 3.8) is 0 Å². The molecule has 0 aliphatic heterocycles. The molecular formula is C18H19N5O3S. The van der Waals surface area contributed by atoms with Gasteiger partial charge in [-0.05, 0) is 31.2 Å². The Morgan fingerprint density at radius 2 is 2.07 bits per heavy atom. The van der Waals surface area contributed by atoms with E-state index < -0.39 is 5.25 Å². The molecular weight excluding hydrogens is 366 g/mol. The molecule has 0 bridgehead atoms. The predicted octanol–water partition coefficient (Wildman–Crippen LogP) is 2.46. The van der Waals surface area contributed by atoms with Gasteiger partial charge < -0.3 is 19.6 Å². The third-order valence-corrected chi connectivity index (χ3v) is 4.90. The number of furan rings is 1. The first-order chi connectivity index (χ1) is 13.0. The summed E-state index contributed by atoms with van der Waals surface area (Å²) in [4.78, 5) is 25.0. The van der Waals surface area contributed by atoms with Gasteiger partial charge in [-0.15, -0.1) is 10.2 Å². The maximum absolute atomic E-state index is 12.5. The molecule has 0 radical (unpaired) electrons. The second-order valence-electron chi connectivity index (χ2n) is 5.78. The van der Waals surface area contributed by atoms with E-state index in [1.54, 1.807) is 60.5 Å². The molecule has 0 fully saturated rings. The number of rotatable bonds is 7. The lowest BCUT2D eigenvalue weighted by molar-refractivity contribution is -0.115. The molecule has 0 aliphatic carbocycles.